The Hall–Kier alpha value is -2.75. The zero-order valence-corrected chi connectivity index (χ0v) is 14.3. The van der Waals surface area contributed by atoms with Gasteiger partial charge in [-0.05, 0) is 44.5 Å². The molecule has 0 saturated carbocycles. The molecule has 126 valence electrons. The Kier molecular flexibility index (Phi) is 6.43. The predicted octanol–water partition coefficient (Wildman–Crippen LogP) is 4.44. The van der Waals surface area contributed by atoms with Gasteiger partial charge in [0.15, 0.2) is 11.5 Å². The Balaban J connectivity index is 2.05. The van der Waals surface area contributed by atoms with Crippen LogP contribution < -0.4 is 14.8 Å². The number of anilines is 1. The number of benzene rings is 2. The fourth-order valence-corrected chi connectivity index (χ4v) is 2.16. The van der Waals surface area contributed by atoms with E-state index in [1.54, 1.807) is 24.3 Å². The van der Waals surface area contributed by atoms with E-state index in [0.717, 1.165) is 5.56 Å². The molecule has 24 heavy (non-hydrogen) atoms. The molecule has 2 rings (SSSR count). The number of hydrogen-bond donors (Lipinski definition) is 1. The Morgan fingerprint density at radius 2 is 1.67 bits per heavy atom. The summed E-state index contributed by atoms with van der Waals surface area (Å²) in [5, 5.41) is 2.83. The van der Waals surface area contributed by atoms with Crippen LogP contribution in [0.2, 0.25) is 0 Å². The third-order valence-electron chi connectivity index (χ3n) is 3.32. The first kappa shape index (κ1) is 17.6. The van der Waals surface area contributed by atoms with Crippen molar-refractivity contribution in [1.82, 2.24) is 0 Å². The highest BCUT2D eigenvalue weighted by atomic mass is 16.5. The lowest BCUT2D eigenvalue weighted by molar-refractivity contribution is -0.111. The maximum Gasteiger partial charge on any atom is 0.248 e. The molecule has 4 nitrogen and oxygen atoms in total. The molecule has 1 amide bonds. The average molecular weight is 325 g/mol. The molecule has 4 heteroatoms. The van der Waals surface area contributed by atoms with Crippen molar-refractivity contribution >= 4 is 17.7 Å². The first-order chi connectivity index (χ1) is 11.6. The minimum Gasteiger partial charge on any atom is -0.490 e. The van der Waals surface area contributed by atoms with Gasteiger partial charge in [0.2, 0.25) is 5.91 Å². The standard InChI is InChI=1S/C20H23NO3/c1-4-23-18-12-11-17(14-19(18)24-5-2)21-20(22)13-10-16-8-6-15(3)7-9-16/h6-14H,4-5H2,1-3H3,(H,21,22)/b13-10+. The third-order valence-corrected chi connectivity index (χ3v) is 3.32. The van der Waals surface area contributed by atoms with Gasteiger partial charge in [-0.2, -0.15) is 0 Å². The number of hydrogen-bond acceptors (Lipinski definition) is 3. The SMILES string of the molecule is CCOc1ccc(NC(=O)/C=C/c2ccc(C)cc2)cc1OCC. The maximum atomic E-state index is 12.1. The molecule has 0 radical (unpaired) electrons. The lowest BCUT2D eigenvalue weighted by Crippen LogP contribution is -2.08. The molecular formula is C20H23NO3. The normalized spacial score (nSPS) is 10.6. The Labute approximate surface area is 143 Å². The number of nitrogens with one attached hydrogen (secondary N) is 1. The summed E-state index contributed by atoms with van der Waals surface area (Å²) in [7, 11) is 0. The van der Waals surface area contributed by atoms with Crippen molar-refractivity contribution in [3.05, 3.63) is 59.7 Å². The van der Waals surface area contributed by atoms with Gasteiger partial charge in [0, 0.05) is 17.8 Å². The molecule has 0 bridgehead atoms. The van der Waals surface area contributed by atoms with Crippen LogP contribution in [0.3, 0.4) is 0 Å². The number of ether oxygens (including phenoxy) is 2. The molecule has 0 atom stereocenters. The molecule has 2 aromatic rings. The summed E-state index contributed by atoms with van der Waals surface area (Å²) < 4.78 is 11.1. The second kappa shape index (κ2) is 8.77. The van der Waals surface area contributed by atoms with Crippen molar-refractivity contribution in [2.75, 3.05) is 18.5 Å². The predicted molar refractivity (Wildman–Crippen MR) is 97.6 cm³/mol. The van der Waals surface area contributed by atoms with Crippen molar-refractivity contribution in [2.24, 2.45) is 0 Å². The van der Waals surface area contributed by atoms with Crippen LogP contribution >= 0.6 is 0 Å². The van der Waals surface area contributed by atoms with Gasteiger partial charge < -0.3 is 14.8 Å². The van der Waals surface area contributed by atoms with E-state index < -0.39 is 0 Å². The molecule has 0 aromatic heterocycles. The quantitative estimate of drug-likeness (QED) is 0.765. The maximum absolute atomic E-state index is 12.1. The summed E-state index contributed by atoms with van der Waals surface area (Å²) in [6.07, 6.45) is 3.30. The summed E-state index contributed by atoms with van der Waals surface area (Å²) in [5.41, 5.74) is 2.84. The fourth-order valence-electron chi connectivity index (χ4n) is 2.16. The number of rotatable bonds is 7. The van der Waals surface area contributed by atoms with Gasteiger partial charge in [-0.25, -0.2) is 0 Å². The van der Waals surface area contributed by atoms with E-state index in [-0.39, 0.29) is 5.91 Å². The van der Waals surface area contributed by atoms with Crippen molar-refractivity contribution < 1.29 is 14.3 Å². The van der Waals surface area contributed by atoms with Crippen LogP contribution in [0.4, 0.5) is 5.69 Å². The third kappa shape index (κ3) is 5.16. The van der Waals surface area contributed by atoms with E-state index in [2.05, 4.69) is 5.32 Å². The van der Waals surface area contributed by atoms with Crippen LogP contribution in [-0.4, -0.2) is 19.1 Å². The largest absolute Gasteiger partial charge is 0.490 e. The molecule has 0 heterocycles. The highest BCUT2D eigenvalue weighted by molar-refractivity contribution is 6.02. The molecule has 2 aromatic carbocycles. The van der Waals surface area contributed by atoms with Gasteiger partial charge in [-0.3, -0.25) is 4.79 Å². The zero-order valence-electron chi connectivity index (χ0n) is 14.3. The molecule has 0 fully saturated rings. The molecule has 1 N–H and O–H groups in total. The van der Waals surface area contributed by atoms with Crippen LogP contribution in [0.1, 0.15) is 25.0 Å². The summed E-state index contributed by atoms with van der Waals surface area (Å²) >= 11 is 0. The number of amides is 1. The van der Waals surface area contributed by atoms with Crippen LogP contribution in [0.25, 0.3) is 6.08 Å². The molecule has 0 aliphatic heterocycles. The van der Waals surface area contributed by atoms with Crippen molar-refractivity contribution in [1.29, 1.82) is 0 Å². The minimum atomic E-state index is -0.192. The highest BCUT2D eigenvalue weighted by Crippen LogP contribution is 2.30. The monoisotopic (exact) mass is 325 g/mol. The topological polar surface area (TPSA) is 47.6 Å². The van der Waals surface area contributed by atoms with Gasteiger partial charge in [-0.1, -0.05) is 29.8 Å². The Morgan fingerprint density at radius 1 is 1.00 bits per heavy atom. The molecule has 0 unspecified atom stereocenters. The molecule has 0 saturated heterocycles. The second-order valence-corrected chi connectivity index (χ2v) is 5.26. The summed E-state index contributed by atoms with van der Waals surface area (Å²) in [4.78, 5) is 12.1. The fraction of sp³-hybridized carbons (Fsp3) is 0.250. The van der Waals surface area contributed by atoms with Crippen LogP contribution in [0, 0.1) is 6.92 Å². The smallest absolute Gasteiger partial charge is 0.248 e. The lowest BCUT2D eigenvalue weighted by atomic mass is 10.1. The van der Waals surface area contributed by atoms with E-state index >= 15 is 0 Å². The van der Waals surface area contributed by atoms with E-state index in [1.807, 2.05) is 45.0 Å². The second-order valence-electron chi connectivity index (χ2n) is 5.26. The number of aryl methyl sites for hydroxylation is 1. The van der Waals surface area contributed by atoms with Crippen LogP contribution in [0.5, 0.6) is 11.5 Å². The summed E-state index contributed by atoms with van der Waals surface area (Å²) in [6.45, 7) is 6.95. The minimum absolute atomic E-state index is 0.192. The Bertz CT molecular complexity index is 705. The summed E-state index contributed by atoms with van der Waals surface area (Å²) in [5.74, 6) is 1.11. The molecular weight excluding hydrogens is 302 g/mol. The Morgan fingerprint density at radius 3 is 2.33 bits per heavy atom. The molecule has 0 aliphatic carbocycles. The molecule has 0 aliphatic rings. The van der Waals surface area contributed by atoms with Crippen molar-refractivity contribution in [2.45, 2.75) is 20.8 Å². The van der Waals surface area contributed by atoms with Gasteiger partial charge >= 0.3 is 0 Å². The summed E-state index contributed by atoms with van der Waals surface area (Å²) in [6, 6.07) is 13.3. The van der Waals surface area contributed by atoms with Crippen molar-refractivity contribution in [3.8, 4) is 11.5 Å². The van der Waals surface area contributed by atoms with Gasteiger partial charge in [0.25, 0.3) is 0 Å². The van der Waals surface area contributed by atoms with E-state index in [0.29, 0.717) is 30.4 Å². The first-order valence-electron chi connectivity index (χ1n) is 8.07. The van der Waals surface area contributed by atoms with E-state index in [9.17, 15) is 4.79 Å². The van der Waals surface area contributed by atoms with E-state index in [4.69, 9.17) is 9.47 Å². The average Bonchev–Trinajstić information content (AvgIpc) is 2.57. The first-order valence-corrected chi connectivity index (χ1v) is 8.07. The molecule has 0 spiro atoms. The zero-order chi connectivity index (χ0) is 17.4. The highest BCUT2D eigenvalue weighted by Gasteiger charge is 2.07. The van der Waals surface area contributed by atoms with Crippen LogP contribution in [-0.2, 0) is 4.79 Å². The van der Waals surface area contributed by atoms with Gasteiger partial charge in [-0.15, -0.1) is 0 Å². The number of carbonyl (C=O) groups is 1. The van der Waals surface area contributed by atoms with Crippen molar-refractivity contribution in [3.63, 3.8) is 0 Å². The van der Waals surface area contributed by atoms with Crippen LogP contribution in [0.15, 0.2) is 48.5 Å². The van der Waals surface area contributed by atoms with E-state index in [1.165, 1.54) is 11.6 Å². The number of carbonyl (C=O) groups excluding carboxylic acids is 1. The lowest BCUT2D eigenvalue weighted by Gasteiger charge is -2.12. The van der Waals surface area contributed by atoms with Gasteiger partial charge in [0.1, 0.15) is 0 Å². The van der Waals surface area contributed by atoms with Gasteiger partial charge in [0.05, 0.1) is 13.2 Å².